The molecule has 2 N–H and O–H groups in total. The van der Waals surface area contributed by atoms with Gasteiger partial charge in [0.1, 0.15) is 0 Å². The number of nitrogens with one attached hydrogen (secondary N) is 2. The normalized spacial score (nSPS) is 11.8. The number of nitriles is 1. The minimum absolute atomic E-state index is 0.0405. The summed E-state index contributed by atoms with van der Waals surface area (Å²) in [4.78, 5) is 11.2. The van der Waals surface area contributed by atoms with Crippen LogP contribution in [0.15, 0.2) is 0 Å². The first-order valence-electron chi connectivity index (χ1n) is 5.06. The number of rotatable bonds is 8. The highest BCUT2D eigenvalue weighted by molar-refractivity contribution is 7.98. The summed E-state index contributed by atoms with van der Waals surface area (Å²) >= 11 is 1.80. The lowest BCUT2D eigenvalue weighted by molar-refractivity contribution is -0.120. The van der Waals surface area contributed by atoms with E-state index in [0.717, 1.165) is 12.2 Å². The number of nitrogens with zero attached hydrogens (tertiary/aromatic N) is 1. The van der Waals surface area contributed by atoms with Gasteiger partial charge in [0.15, 0.2) is 0 Å². The molecule has 0 saturated carbocycles. The zero-order chi connectivity index (χ0) is 11.5. The Balaban J connectivity index is 3.41. The molecule has 0 bridgehead atoms. The molecular formula is C10H19N3OS. The van der Waals surface area contributed by atoms with E-state index >= 15 is 0 Å². The fraction of sp³-hybridized carbons (Fsp3) is 0.800. The number of hydrogen-bond donors (Lipinski definition) is 2. The van der Waals surface area contributed by atoms with E-state index in [2.05, 4.69) is 23.8 Å². The van der Waals surface area contributed by atoms with E-state index in [9.17, 15) is 4.79 Å². The van der Waals surface area contributed by atoms with E-state index in [1.54, 1.807) is 11.8 Å². The van der Waals surface area contributed by atoms with E-state index in [4.69, 9.17) is 5.26 Å². The third kappa shape index (κ3) is 9.57. The van der Waals surface area contributed by atoms with Crippen molar-refractivity contribution in [2.45, 2.75) is 25.8 Å². The molecule has 0 radical (unpaired) electrons. The van der Waals surface area contributed by atoms with Crippen LogP contribution in [0, 0.1) is 11.3 Å². The lowest BCUT2D eigenvalue weighted by Gasteiger charge is -2.12. The van der Waals surface area contributed by atoms with Gasteiger partial charge in [-0.25, -0.2) is 0 Å². The molecule has 1 amide bonds. The van der Waals surface area contributed by atoms with Crippen molar-refractivity contribution in [2.75, 3.05) is 25.1 Å². The van der Waals surface area contributed by atoms with E-state index in [0.29, 0.717) is 25.6 Å². The van der Waals surface area contributed by atoms with E-state index in [1.165, 1.54) is 0 Å². The Hall–Kier alpha value is -0.730. The van der Waals surface area contributed by atoms with Crippen molar-refractivity contribution in [1.29, 1.82) is 5.26 Å². The number of carbonyl (C=O) groups excluding carboxylic acids is 1. The highest BCUT2D eigenvalue weighted by Crippen LogP contribution is 1.98. The Kier molecular flexibility index (Phi) is 9.33. The maximum atomic E-state index is 11.2. The predicted molar refractivity (Wildman–Crippen MR) is 63.7 cm³/mol. The zero-order valence-electron chi connectivity index (χ0n) is 9.38. The van der Waals surface area contributed by atoms with E-state index in [-0.39, 0.29) is 5.91 Å². The molecule has 0 aliphatic carbocycles. The fourth-order valence-corrected chi connectivity index (χ4v) is 1.57. The molecule has 0 aliphatic rings. The van der Waals surface area contributed by atoms with E-state index in [1.807, 2.05) is 6.07 Å². The van der Waals surface area contributed by atoms with Crippen LogP contribution in [0.5, 0.6) is 0 Å². The number of carbonyl (C=O) groups is 1. The standard InChI is InChI=1S/C10H19N3OS/c1-9(4-7-15-2)13-8-10(14)12-6-3-5-11/h9,13H,3-4,6-8H2,1-2H3,(H,12,14). The second-order valence-electron chi connectivity index (χ2n) is 3.32. The van der Waals surface area contributed by atoms with Crippen molar-refractivity contribution in [1.82, 2.24) is 10.6 Å². The van der Waals surface area contributed by atoms with Gasteiger partial charge in [-0.1, -0.05) is 0 Å². The molecule has 1 unspecified atom stereocenters. The van der Waals surface area contributed by atoms with Crippen LogP contribution in [0.1, 0.15) is 19.8 Å². The van der Waals surface area contributed by atoms with Crippen molar-refractivity contribution in [2.24, 2.45) is 0 Å². The second kappa shape index (κ2) is 9.81. The molecule has 15 heavy (non-hydrogen) atoms. The van der Waals surface area contributed by atoms with Crippen molar-refractivity contribution < 1.29 is 4.79 Å². The second-order valence-corrected chi connectivity index (χ2v) is 4.31. The average molecular weight is 229 g/mol. The van der Waals surface area contributed by atoms with Gasteiger partial charge in [0, 0.05) is 12.6 Å². The van der Waals surface area contributed by atoms with Crippen molar-refractivity contribution >= 4 is 17.7 Å². The third-order valence-corrected chi connectivity index (χ3v) is 2.57. The fourth-order valence-electron chi connectivity index (χ4n) is 0.984. The van der Waals surface area contributed by atoms with Crippen molar-refractivity contribution in [3.8, 4) is 6.07 Å². The van der Waals surface area contributed by atoms with Gasteiger partial charge in [0.2, 0.25) is 5.91 Å². The molecule has 0 aromatic carbocycles. The minimum Gasteiger partial charge on any atom is -0.354 e. The van der Waals surface area contributed by atoms with Gasteiger partial charge < -0.3 is 10.6 Å². The lowest BCUT2D eigenvalue weighted by Crippen LogP contribution is -2.38. The molecule has 0 saturated heterocycles. The SMILES string of the molecule is CSCCC(C)NCC(=O)NCCC#N. The van der Waals surface area contributed by atoms with Crippen LogP contribution in [0.3, 0.4) is 0 Å². The van der Waals surface area contributed by atoms with Crippen LogP contribution in [0.4, 0.5) is 0 Å². The summed E-state index contributed by atoms with van der Waals surface area (Å²) in [7, 11) is 0. The van der Waals surface area contributed by atoms with Crippen LogP contribution in [-0.4, -0.2) is 37.0 Å². The number of amides is 1. The van der Waals surface area contributed by atoms with Crippen LogP contribution in [0.2, 0.25) is 0 Å². The smallest absolute Gasteiger partial charge is 0.233 e. The Morgan fingerprint density at radius 2 is 2.33 bits per heavy atom. The molecule has 1 atom stereocenters. The summed E-state index contributed by atoms with van der Waals surface area (Å²) in [6.45, 7) is 2.84. The van der Waals surface area contributed by atoms with Gasteiger partial charge in [0.05, 0.1) is 19.0 Å². The highest BCUT2D eigenvalue weighted by Gasteiger charge is 2.04. The third-order valence-electron chi connectivity index (χ3n) is 1.93. The van der Waals surface area contributed by atoms with Crippen LogP contribution >= 0.6 is 11.8 Å². The van der Waals surface area contributed by atoms with Crippen molar-refractivity contribution in [3.05, 3.63) is 0 Å². The van der Waals surface area contributed by atoms with Gasteiger partial charge in [0.25, 0.3) is 0 Å². The first-order valence-corrected chi connectivity index (χ1v) is 6.46. The summed E-state index contributed by atoms with van der Waals surface area (Å²) in [6.07, 6.45) is 3.50. The summed E-state index contributed by atoms with van der Waals surface area (Å²) in [5.41, 5.74) is 0. The average Bonchev–Trinajstić information content (AvgIpc) is 2.24. The monoisotopic (exact) mass is 229 g/mol. The molecule has 4 nitrogen and oxygen atoms in total. The maximum Gasteiger partial charge on any atom is 0.233 e. The summed E-state index contributed by atoms with van der Waals surface area (Å²) < 4.78 is 0. The van der Waals surface area contributed by atoms with E-state index < -0.39 is 0 Å². The minimum atomic E-state index is -0.0405. The summed E-state index contributed by atoms with van der Waals surface area (Å²) in [5.74, 6) is 1.06. The Morgan fingerprint density at radius 3 is 2.93 bits per heavy atom. The molecule has 0 aromatic rings. The lowest BCUT2D eigenvalue weighted by atomic mass is 10.2. The largest absolute Gasteiger partial charge is 0.354 e. The molecule has 0 fully saturated rings. The van der Waals surface area contributed by atoms with Gasteiger partial charge in [-0.15, -0.1) is 0 Å². The topological polar surface area (TPSA) is 64.9 Å². The highest BCUT2D eigenvalue weighted by atomic mass is 32.2. The molecule has 0 aromatic heterocycles. The Labute approximate surface area is 95.8 Å². The molecule has 0 aliphatic heterocycles. The molecule has 86 valence electrons. The van der Waals surface area contributed by atoms with Crippen LogP contribution < -0.4 is 10.6 Å². The summed E-state index contributed by atoms with van der Waals surface area (Å²) in [5, 5.41) is 14.1. The quantitative estimate of drug-likeness (QED) is 0.603. The molecule has 0 rings (SSSR count). The van der Waals surface area contributed by atoms with Crippen molar-refractivity contribution in [3.63, 3.8) is 0 Å². The van der Waals surface area contributed by atoms with Crippen LogP contribution in [0.25, 0.3) is 0 Å². The molecule has 0 spiro atoms. The summed E-state index contributed by atoms with van der Waals surface area (Å²) in [6, 6.07) is 2.34. The molecule has 5 heteroatoms. The van der Waals surface area contributed by atoms with Gasteiger partial charge >= 0.3 is 0 Å². The molecular weight excluding hydrogens is 210 g/mol. The predicted octanol–water partition coefficient (Wildman–Crippen LogP) is 0.747. The molecule has 0 heterocycles. The first kappa shape index (κ1) is 14.3. The Bertz CT molecular complexity index is 215. The number of thioether (sulfide) groups is 1. The number of hydrogen-bond acceptors (Lipinski definition) is 4. The first-order chi connectivity index (χ1) is 7.20. The van der Waals surface area contributed by atoms with Gasteiger partial charge in [-0.05, 0) is 25.4 Å². The van der Waals surface area contributed by atoms with Gasteiger partial charge in [-0.2, -0.15) is 17.0 Å². The Morgan fingerprint density at radius 1 is 1.60 bits per heavy atom. The zero-order valence-corrected chi connectivity index (χ0v) is 10.2. The maximum absolute atomic E-state index is 11.2. The van der Waals surface area contributed by atoms with Gasteiger partial charge in [-0.3, -0.25) is 4.79 Å². The van der Waals surface area contributed by atoms with Crippen LogP contribution in [-0.2, 0) is 4.79 Å².